The summed E-state index contributed by atoms with van der Waals surface area (Å²) in [5.41, 5.74) is 9.23. The number of hydrogen-bond acceptors (Lipinski definition) is 4. The molecule has 4 rings (SSSR count). The van der Waals surface area contributed by atoms with Crippen molar-refractivity contribution in [1.82, 2.24) is 10.2 Å². The number of carbonyl (C=O) groups excluding carboxylic acids is 1. The molecular weight excluding hydrogens is 428 g/mol. The molecule has 1 amide bonds. The summed E-state index contributed by atoms with van der Waals surface area (Å²) in [6.07, 6.45) is 1.65. The minimum atomic E-state index is -0.199. The monoisotopic (exact) mass is 454 g/mol. The first kappa shape index (κ1) is 22.2. The van der Waals surface area contributed by atoms with Crippen LogP contribution < -0.4 is 20.5 Å². The average Bonchev–Trinajstić information content (AvgIpc) is 3.16. The van der Waals surface area contributed by atoms with E-state index in [1.54, 1.807) is 12.1 Å². The maximum atomic E-state index is 12.8. The van der Waals surface area contributed by atoms with Crippen molar-refractivity contribution in [2.75, 3.05) is 26.2 Å². The van der Waals surface area contributed by atoms with E-state index in [1.165, 1.54) is 11.0 Å². The number of rotatable bonds is 7. The average molecular weight is 455 g/mol. The first-order valence-electron chi connectivity index (χ1n) is 10.8. The molecule has 2 aromatic carbocycles. The lowest BCUT2D eigenvalue weighted by Gasteiger charge is -2.27. The Bertz CT molecular complexity index is 1090. The second kappa shape index (κ2) is 9.63. The van der Waals surface area contributed by atoms with Crippen LogP contribution in [0.25, 0.3) is 22.4 Å². The lowest BCUT2D eigenvalue weighted by molar-refractivity contribution is -0.905. The van der Waals surface area contributed by atoms with Gasteiger partial charge in [0.05, 0.1) is 18.8 Å². The number of likely N-dealkylation sites (tertiary alicyclic amines) is 1. The van der Waals surface area contributed by atoms with Gasteiger partial charge in [-0.15, -0.1) is 0 Å². The van der Waals surface area contributed by atoms with E-state index in [-0.39, 0.29) is 17.6 Å². The number of benzene rings is 2. The summed E-state index contributed by atoms with van der Waals surface area (Å²) in [5, 5.41) is 20.9. The van der Waals surface area contributed by atoms with Crippen LogP contribution in [0.4, 0.5) is 0 Å². The zero-order valence-corrected chi connectivity index (χ0v) is 18.7. The molecule has 0 saturated carbocycles. The number of ether oxygens (including phenoxy) is 1. The number of primary amides is 1. The normalized spacial score (nSPS) is 18.4. The predicted octanol–water partition coefficient (Wildman–Crippen LogP) is 1.94. The quantitative estimate of drug-likeness (QED) is 0.507. The van der Waals surface area contributed by atoms with Crippen molar-refractivity contribution in [1.29, 1.82) is 0 Å². The van der Waals surface area contributed by atoms with Gasteiger partial charge in [-0.25, -0.2) is 0 Å². The summed E-state index contributed by atoms with van der Waals surface area (Å²) in [6.45, 7) is 5.08. The van der Waals surface area contributed by atoms with Crippen LogP contribution in [-0.4, -0.2) is 42.3 Å². The number of aryl methyl sites for hydroxylation is 1. The second-order valence-electron chi connectivity index (χ2n) is 8.26. The Kier molecular flexibility index (Phi) is 6.67. The van der Waals surface area contributed by atoms with Crippen LogP contribution in [0.15, 0.2) is 42.5 Å². The Morgan fingerprint density at radius 1 is 1.25 bits per heavy atom. The number of nitrogens with zero attached hydrogens (tertiary/aromatic N) is 1. The lowest BCUT2D eigenvalue weighted by atomic mass is 9.96. The number of aromatic amines is 1. The molecule has 168 valence electrons. The van der Waals surface area contributed by atoms with E-state index in [2.05, 4.69) is 10.2 Å². The van der Waals surface area contributed by atoms with Gasteiger partial charge in [-0.2, -0.15) is 5.10 Å². The molecule has 0 aliphatic carbocycles. The zero-order valence-electron chi connectivity index (χ0n) is 18.0. The topological polar surface area (TPSA) is 108 Å². The van der Waals surface area contributed by atoms with E-state index in [0.717, 1.165) is 49.3 Å². The van der Waals surface area contributed by atoms with Crippen molar-refractivity contribution in [3.8, 4) is 33.9 Å². The molecular formula is C24H27ClN4O3. The molecule has 1 aliphatic heterocycles. The van der Waals surface area contributed by atoms with Crippen LogP contribution in [0.2, 0.25) is 5.02 Å². The Hall–Kier alpha value is -3.03. The molecule has 2 heterocycles. The summed E-state index contributed by atoms with van der Waals surface area (Å²) in [7, 11) is 0. The third kappa shape index (κ3) is 4.89. The first-order chi connectivity index (χ1) is 15.4. The van der Waals surface area contributed by atoms with Gasteiger partial charge in [-0.1, -0.05) is 29.5 Å². The summed E-state index contributed by atoms with van der Waals surface area (Å²) in [6, 6.07) is 12.6. The largest absolute Gasteiger partial charge is 0.872 e. The molecule has 1 saturated heterocycles. The number of H-pyrrole nitrogens is 1. The van der Waals surface area contributed by atoms with Gasteiger partial charge in [0.25, 0.3) is 0 Å². The van der Waals surface area contributed by atoms with E-state index < -0.39 is 0 Å². The highest BCUT2D eigenvalue weighted by atomic mass is 35.5. The Balaban J connectivity index is 1.41. The number of piperidine rings is 1. The Morgan fingerprint density at radius 3 is 2.62 bits per heavy atom. The molecule has 1 aromatic heterocycles. The van der Waals surface area contributed by atoms with E-state index in [9.17, 15) is 9.90 Å². The van der Waals surface area contributed by atoms with Gasteiger partial charge in [0.15, 0.2) is 0 Å². The fourth-order valence-electron chi connectivity index (χ4n) is 4.26. The van der Waals surface area contributed by atoms with E-state index in [1.807, 2.05) is 31.2 Å². The van der Waals surface area contributed by atoms with Gasteiger partial charge in [0, 0.05) is 35.0 Å². The summed E-state index contributed by atoms with van der Waals surface area (Å²) < 4.78 is 5.83. The smallest absolute Gasteiger partial charge is 0.220 e. The SMILES string of the molecule is Cc1[nH]nc(-c2ccc(OCC[NH+]3CCC(C(N)=O)CC3)cc2[O-])c1-c1ccc(Cl)cc1. The summed E-state index contributed by atoms with van der Waals surface area (Å²) in [4.78, 5) is 12.7. The number of quaternary nitrogens is 1. The van der Waals surface area contributed by atoms with Crippen LogP contribution in [0.3, 0.4) is 0 Å². The summed E-state index contributed by atoms with van der Waals surface area (Å²) in [5.74, 6) is 0.206. The van der Waals surface area contributed by atoms with Crippen molar-refractivity contribution in [3.05, 3.63) is 53.2 Å². The van der Waals surface area contributed by atoms with E-state index in [4.69, 9.17) is 22.1 Å². The maximum Gasteiger partial charge on any atom is 0.220 e. The third-order valence-corrected chi connectivity index (χ3v) is 6.36. The molecule has 0 unspecified atom stereocenters. The molecule has 1 fully saturated rings. The fourth-order valence-corrected chi connectivity index (χ4v) is 4.38. The van der Waals surface area contributed by atoms with Gasteiger partial charge in [0.1, 0.15) is 18.9 Å². The number of nitrogens with one attached hydrogen (secondary N) is 2. The molecule has 32 heavy (non-hydrogen) atoms. The van der Waals surface area contributed by atoms with Crippen LogP contribution in [-0.2, 0) is 4.79 Å². The van der Waals surface area contributed by atoms with Crippen molar-refractivity contribution in [2.45, 2.75) is 19.8 Å². The molecule has 0 radical (unpaired) electrons. The van der Waals surface area contributed by atoms with Crippen LogP contribution in [0.5, 0.6) is 11.5 Å². The standard InChI is InChI=1S/C24H27ClN4O3/c1-15-22(16-2-4-18(25)5-3-16)23(28-27-15)20-7-6-19(14-21(20)30)32-13-12-29-10-8-17(9-11-29)24(26)31/h2-7,14,17,30H,8-13H2,1H3,(H2,26,31)(H,27,28). The van der Waals surface area contributed by atoms with Crippen molar-refractivity contribution in [2.24, 2.45) is 11.7 Å². The fraction of sp³-hybridized carbons (Fsp3) is 0.333. The number of aromatic nitrogens is 2. The molecule has 0 atom stereocenters. The second-order valence-corrected chi connectivity index (χ2v) is 8.70. The van der Waals surface area contributed by atoms with Gasteiger partial charge in [-0.3, -0.25) is 9.89 Å². The number of hydrogen-bond donors (Lipinski definition) is 3. The van der Waals surface area contributed by atoms with E-state index >= 15 is 0 Å². The Morgan fingerprint density at radius 2 is 1.97 bits per heavy atom. The predicted molar refractivity (Wildman–Crippen MR) is 122 cm³/mol. The molecule has 0 bridgehead atoms. The molecule has 8 heteroatoms. The lowest BCUT2D eigenvalue weighted by Crippen LogP contribution is -3.13. The first-order valence-corrected chi connectivity index (χ1v) is 11.2. The number of amides is 1. The molecule has 1 aliphatic rings. The highest BCUT2D eigenvalue weighted by Crippen LogP contribution is 2.37. The number of carbonyl (C=O) groups is 1. The van der Waals surface area contributed by atoms with Gasteiger partial charge >= 0.3 is 0 Å². The molecule has 3 aromatic rings. The number of nitrogens with two attached hydrogens (primary N) is 1. The van der Waals surface area contributed by atoms with Crippen LogP contribution in [0.1, 0.15) is 18.5 Å². The van der Waals surface area contributed by atoms with Crippen molar-refractivity contribution < 1.29 is 19.5 Å². The van der Waals surface area contributed by atoms with Crippen LogP contribution in [0, 0.1) is 12.8 Å². The highest BCUT2D eigenvalue weighted by molar-refractivity contribution is 6.30. The molecule has 7 nitrogen and oxygen atoms in total. The minimum Gasteiger partial charge on any atom is -0.872 e. The Labute approximate surface area is 192 Å². The minimum absolute atomic E-state index is 0.00123. The summed E-state index contributed by atoms with van der Waals surface area (Å²) >= 11 is 6.01. The van der Waals surface area contributed by atoms with Crippen LogP contribution >= 0.6 is 11.6 Å². The van der Waals surface area contributed by atoms with E-state index in [0.29, 0.717) is 28.6 Å². The van der Waals surface area contributed by atoms with Gasteiger partial charge in [-0.05, 0) is 48.4 Å². The third-order valence-electron chi connectivity index (χ3n) is 6.11. The molecule has 4 N–H and O–H groups in total. The molecule has 0 spiro atoms. The van der Waals surface area contributed by atoms with Crippen molar-refractivity contribution in [3.63, 3.8) is 0 Å². The van der Waals surface area contributed by atoms with Crippen molar-refractivity contribution >= 4 is 17.5 Å². The number of halogens is 1. The zero-order chi connectivity index (χ0) is 22.7. The van der Waals surface area contributed by atoms with Gasteiger partial charge < -0.3 is 20.5 Å². The van der Waals surface area contributed by atoms with Gasteiger partial charge in [0.2, 0.25) is 5.91 Å². The highest BCUT2D eigenvalue weighted by Gasteiger charge is 2.25. The maximum absolute atomic E-state index is 12.8.